The molecule has 0 saturated heterocycles. The zero-order valence-electron chi connectivity index (χ0n) is 8.69. The summed E-state index contributed by atoms with van der Waals surface area (Å²) in [6, 6.07) is 9.85. The molecule has 0 aliphatic rings. The van der Waals surface area contributed by atoms with E-state index in [1.54, 1.807) is 0 Å². The molecule has 1 unspecified atom stereocenters. The molecule has 1 nitrogen and oxygen atoms in total. The van der Waals surface area contributed by atoms with Gasteiger partial charge in [-0.05, 0) is 18.1 Å². The first-order chi connectivity index (χ1) is 6.74. The standard InChI is InChI=1S/C12H16OS/c1-3-10(2)9-13-12(14)11-7-5-4-6-8-11/h4-8,10H,3,9H2,1-2H3. The van der Waals surface area contributed by atoms with Crippen LogP contribution in [0.5, 0.6) is 0 Å². The van der Waals surface area contributed by atoms with Gasteiger partial charge in [-0.1, -0.05) is 50.6 Å². The van der Waals surface area contributed by atoms with E-state index in [0.29, 0.717) is 17.6 Å². The van der Waals surface area contributed by atoms with Gasteiger partial charge in [0, 0.05) is 5.56 Å². The second-order valence-corrected chi connectivity index (χ2v) is 3.85. The van der Waals surface area contributed by atoms with Gasteiger partial charge in [-0.3, -0.25) is 0 Å². The lowest BCUT2D eigenvalue weighted by atomic mass is 10.1. The predicted octanol–water partition coefficient (Wildman–Crippen LogP) is 3.42. The van der Waals surface area contributed by atoms with Crippen LogP contribution in [0.3, 0.4) is 0 Å². The van der Waals surface area contributed by atoms with Crippen molar-refractivity contribution >= 4 is 17.3 Å². The molecule has 0 heterocycles. The smallest absolute Gasteiger partial charge is 0.191 e. The summed E-state index contributed by atoms with van der Waals surface area (Å²) in [5, 5.41) is 0.603. The van der Waals surface area contributed by atoms with Crippen LogP contribution in [0.25, 0.3) is 0 Å². The van der Waals surface area contributed by atoms with E-state index in [0.717, 1.165) is 12.0 Å². The maximum Gasteiger partial charge on any atom is 0.191 e. The first-order valence-electron chi connectivity index (χ1n) is 4.96. The van der Waals surface area contributed by atoms with E-state index >= 15 is 0 Å². The zero-order chi connectivity index (χ0) is 10.4. The number of hydrogen-bond acceptors (Lipinski definition) is 2. The Morgan fingerprint density at radius 2 is 2.00 bits per heavy atom. The summed E-state index contributed by atoms with van der Waals surface area (Å²) in [6.45, 7) is 5.03. The van der Waals surface area contributed by atoms with Crippen LogP contribution in [0.2, 0.25) is 0 Å². The lowest BCUT2D eigenvalue weighted by Gasteiger charge is -2.11. The van der Waals surface area contributed by atoms with Crippen LogP contribution < -0.4 is 0 Å². The average molecular weight is 208 g/mol. The highest BCUT2D eigenvalue weighted by atomic mass is 32.1. The summed E-state index contributed by atoms with van der Waals surface area (Å²) in [4.78, 5) is 0. The first-order valence-corrected chi connectivity index (χ1v) is 5.37. The summed E-state index contributed by atoms with van der Waals surface area (Å²) in [5.41, 5.74) is 0.991. The van der Waals surface area contributed by atoms with E-state index < -0.39 is 0 Å². The lowest BCUT2D eigenvalue weighted by Crippen LogP contribution is -2.10. The Morgan fingerprint density at radius 1 is 1.36 bits per heavy atom. The SMILES string of the molecule is CCC(C)COC(=S)c1ccccc1. The van der Waals surface area contributed by atoms with Gasteiger partial charge in [0.2, 0.25) is 0 Å². The fraction of sp³-hybridized carbons (Fsp3) is 0.417. The number of hydrogen-bond donors (Lipinski definition) is 0. The van der Waals surface area contributed by atoms with Gasteiger partial charge in [-0.15, -0.1) is 0 Å². The van der Waals surface area contributed by atoms with Gasteiger partial charge in [-0.2, -0.15) is 0 Å². The van der Waals surface area contributed by atoms with Crippen LogP contribution in [0, 0.1) is 5.92 Å². The Labute approximate surface area is 91.1 Å². The van der Waals surface area contributed by atoms with Crippen LogP contribution in [0.15, 0.2) is 30.3 Å². The third kappa shape index (κ3) is 3.46. The summed E-state index contributed by atoms with van der Waals surface area (Å²) in [5.74, 6) is 0.566. The maximum absolute atomic E-state index is 5.51. The van der Waals surface area contributed by atoms with Crippen LogP contribution in [0.1, 0.15) is 25.8 Å². The van der Waals surface area contributed by atoms with Crippen molar-refractivity contribution in [2.75, 3.05) is 6.61 Å². The minimum Gasteiger partial charge on any atom is -0.483 e. The van der Waals surface area contributed by atoms with Crippen molar-refractivity contribution in [3.63, 3.8) is 0 Å². The number of ether oxygens (including phenoxy) is 1. The van der Waals surface area contributed by atoms with Gasteiger partial charge >= 0.3 is 0 Å². The number of rotatable bonds is 4. The molecule has 0 saturated carbocycles. The molecule has 0 bridgehead atoms. The second kappa shape index (κ2) is 5.76. The van der Waals surface area contributed by atoms with E-state index in [1.165, 1.54) is 0 Å². The minimum atomic E-state index is 0.566. The van der Waals surface area contributed by atoms with E-state index in [1.807, 2.05) is 30.3 Å². The van der Waals surface area contributed by atoms with Crippen molar-refractivity contribution in [3.05, 3.63) is 35.9 Å². The summed E-state index contributed by atoms with van der Waals surface area (Å²) in [7, 11) is 0. The fourth-order valence-electron chi connectivity index (χ4n) is 0.993. The van der Waals surface area contributed by atoms with Gasteiger partial charge in [0.25, 0.3) is 0 Å². The Hall–Kier alpha value is -0.890. The summed E-state index contributed by atoms with van der Waals surface area (Å²) >= 11 is 5.16. The van der Waals surface area contributed by atoms with Gasteiger partial charge in [0.05, 0.1) is 6.61 Å². The van der Waals surface area contributed by atoms with Crippen LogP contribution in [-0.4, -0.2) is 11.7 Å². The normalized spacial score (nSPS) is 12.1. The van der Waals surface area contributed by atoms with Crippen molar-refractivity contribution in [2.45, 2.75) is 20.3 Å². The number of thiocarbonyl (C=S) groups is 1. The summed E-state index contributed by atoms with van der Waals surface area (Å²) in [6.07, 6.45) is 1.12. The Morgan fingerprint density at radius 3 is 2.57 bits per heavy atom. The quantitative estimate of drug-likeness (QED) is 0.701. The van der Waals surface area contributed by atoms with Crippen LogP contribution in [-0.2, 0) is 4.74 Å². The molecule has 0 aromatic heterocycles. The molecule has 1 rings (SSSR count). The van der Waals surface area contributed by atoms with Gasteiger partial charge in [0.1, 0.15) is 0 Å². The lowest BCUT2D eigenvalue weighted by molar-refractivity contribution is 0.252. The largest absolute Gasteiger partial charge is 0.483 e. The molecule has 0 aliphatic carbocycles. The summed E-state index contributed by atoms with van der Waals surface area (Å²) < 4.78 is 5.51. The Balaban J connectivity index is 2.44. The molecule has 0 amide bonds. The van der Waals surface area contributed by atoms with E-state index in [9.17, 15) is 0 Å². The molecule has 0 fully saturated rings. The highest BCUT2D eigenvalue weighted by molar-refractivity contribution is 7.80. The van der Waals surface area contributed by atoms with Crippen LogP contribution in [0.4, 0.5) is 0 Å². The van der Waals surface area contributed by atoms with Gasteiger partial charge in [0.15, 0.2) is 5.05 Å². The fourth-order valence-corrected chi connectivity index (χ4v) is 1.20. The second-order valence-electron chi connectivity index (χ2n) is 3.48. The monoisotopic (exact) mass is 208 g/mol. The molecule has 14 heavy (non-hydrogen) atoms. The zero-order valence-corrected chi connectivity index (χ0v) is 9.51. The topological polar surface area (TPSA) is 9.23 Å². The highest BCUT2D eigenvalue weighted by Crippen LogP contribution is 2.06. The molecule has 0 radical (unpaired) electrons. The van der Waals surface area contributed by atoms with Crippen molar-refractivity contribution in [2.24, 2.45) is 5.92 Å². The van der Waals surface area contributed by atoms with Crippen molar-refractivity contribution in [1.29, 1.82) is 0 Å². The van der Waals surface area contributed by atoms with E-state index in [-0.39, 0.29) is 0 Å². The minimum absolute atomic E-state index is 0.566. The van der Waals surface area contributed by atoms with Crippen molar-refractivity contribution in [1.82, 2.24) is 0 Å². The molecule has 1 atom stereocenters. The highest BCUT2D eigenvalue weighted by Gasteiger charge is 2.03. The van der Waals surface area contributed by atoms with Crippen molar-refractivity contribution in [3.8, 4) is 0 Å². The molecule has 0 spiro atoms. The Kier molecular flexibility index (Phi) is 4.60. The number of benzene rings is 1. The molecular weight excluding hydrogens is 192 g/mol. The predicted molar refractivity (Wildman–Crippen MR) is 63.5 cm³/mol. The van der Waals surface area contributed by atoms with Crippen LogP contribution >= 0.6 is 12.2 Å². The molecule has 2 heteroatoms. The van der Waals surface area contributed by atoms with Crippen molar-refractivity contribution < 1.29 is 4.74 Å². The Bertz CT molecular complexity index is 282. The van der Waals surface area contributed by atoms with Gasteiger partial charge < -0.3 is 4.74 Å². The third-order valence-electron chi connectivity index (χ3n) is 2.21. The molecule has 1 aromatic rings. The molecular formula is C12H16OS. The molecule has 76 valence electrons. The third-order valence-corrected chi connectivity index (χ3v) is 2.56. The molecule has 0 aliphatic heterocycles. The molecule has 0 N–H and O–H groups in total. The average Bonchev–Trinajstić information content (AvgIpc) is 2.26. The first kappa shape index (κ1) is 11.2. The molecule has 1 aromatic carbocycles. The van der Waals surface area contributed by atoms with E-state index in [4.69, 9.17) is 17.0 Å². The maximum atomic E-state index is 5.51. The van der Waals surface area contributed by atoms with Gasteiger partial charge in [-0.25, -0.2) is 0 Å². The van der Waals surface area contributed by atoms with E-state index in [2.05, 4.69) is 13.8 Å².